The van der Waals surface area contributed by atoms with Crippen molar-refractivity contribution >= 4 is 17.6 Å². The summed E-state index contributed by atoms with van der Waals surface area (Å²) in [4.78, 5) is 21.2. The predicted octanol–water partition coefficient (Wildman–Crippen LogP) is 3.85. The summed E-state index contributed by atoms with van der Waals surface area (Å²) in [7, 11) is 2.90. The van der Waals surface area contributed by atoms with Crippen molar-refractivity contribution in [1.82, 2.24) is 9.97 Å². The molecule has 1 heterocycles. The number of hydrogen-bond donors (Lipinski definition) is 0. The first-order valence-electron chi connectivity index (χ1n) is 7.22. The smallest absolute Gasteiger partial charge is 0.341 e. The van der Waals surface area contributed by atoms with E-state index in [9.17, 15) is 4.79 Å². The maximum absolute atomic E-state index is 12.2. The first-order valence-corrected chi connectivity index (χ1v) is 7.59. The molecule has 0 radical (unpaired) electrons. The summed E-state index contributed by atoms with van der Waals surface area (Å²) in [6.07, 6.45) is 0. The SMILES string of the molecule is COCc1nc(-c2ccc(Cl)cc2)nc(C(C)C)c1C(=O)OC. The average Bonchev–Trinajstić information content (AvgIpc) is 2.54. The fourth-order valence-corrected chi connectivity index (χ4v) is 2.36. The summed E-state index contributed by atoms with van der Waals surface area (Å²) in [5.41, 5.74) is 2.36. The summed E-state index contributed by atoms with van der Waals surface area (Å²) < 4.78 is 10.1. The van der Waals surface area contributed by atoms with E-state index in [4.69, 9.17) is 21.1 Å². The van der Waals surface area contributed by atoms with Gasteiger partial charge in [-0.2, -0.15) is 0 Å². The quantitative estimate of drug-likeness (QED) is 0.777. The van der Waals surface area contributed by atoms with Crippen LogP contribution in [0.25, 0.3) is 11.4 Å². The van der Waals surface area contributed by atoms with Gasteiger partial charge in [0.25, 0.3) is 0 Å². The van der Waals surface area contributed by atoms with Crippen molar-refractivity contribution in [2.75, 3.05) is 14.2 Å². The van der Waals surface area contributed by atoms with Gasteiger partial charge in [0.15, 0.2) is 5.82 Å². The van der Waals surface area contributed by atoms with Crippen LogP contribution in [-0.4, -0.2) is 30.2 Å². The summed E-state index contributed by atoms with van der Waals surface area (Å²) in [6, 6.07) is 7.24. The van der Waals surface area contributed by atoms with E-state index in [2.05, 4.69) is 9.97 Å². The lowest BCUT2D eigenvalue weighted by Crippen LogP contribution is -2.16. The summed E-state index contributed by atoms with van der Waals surface area (Å²) in [6.45, 7) is 4.14. The summed E-state index contributed by atoms with van der Waals surface area (Å²) in [5.74, 6) is 0.113. The molecule has 0 unspecified atom stereocenters. The Morgan fingerprint density at radius 2 is 1.83 bits per heavy atom. The van der Waals surface area contributed by atoms with Gasteiger partial charge in [-0.3, -0.25) is 0 Å². The van der Waals surface area contributed by atoms with Crippen molar-refractivity contribution in [3.05, 3.63) is 46.2 Å². The lowest BCUT2D eigenvalue weighted by atomic mass is 10.0. The molecule has 6 heteroatoms. The van der Waals surface area contributed by atoms with Crippen molar-refractivity contribution < 1.29 is 14.3 Å². The molecule has 0 amide bonds. The first-order chi connectivity index (χ1) is 11.0. The number of benzene rings is 1. The van der Waals surface area contributed by atoms with Crippen molar-refractivity contribution in [3.63, 3.8) is 0 Å². The van der Waals surface area contributed by atoms with Gasteiger partial charge in [-0.05, 0) is 30.2 Å². The van der Waals surface area contributed by atoms with Gasteiger partial charge in [-0.25, -0.2) is 14.8 Å². The second-order valence-corrected chi connectivity index (χ2v) is 5.78. The van der Waals surface area contributed by atoms with Crippen LogP contribution in [0.2, 0.25) is 5.02 Å². The molecule has 0 atom stereocenters. The van der Waals surface area contributed by atoms with Crippen molar-refractivity contribution in [2.45, 2.75) is 26.4 Å². The van der Waals surface area contributed by atoms with Crippen molar-refractivity contribution in [2.24, 2.45) is 0 Å². The van der Waals surface area contributed by atoms with Crippen LogP contribution in [0, 0.1) is 0 Å². The third kappa shape index (κ3) is 3.86. The minimum atomic E-state index is -0.455. The topological polar surface area (TPSA) is 61.3 Å². The number of aromatic nitrogens is 2. The molecule has 1 aromatic carbocycles. The molecule has 0 bridgehead atoms. The zero-order valence-corrected chi connectivity index (χ0v) is 14.3. The second-order valence-electron chi connectivity index (χ2n) is 5.34. The minimum absolute atomic E-state index is 0.0359. The Labute approximate surface area is 140 Å². The maximum Gasteiger partial charge on any atom is 0.341 e. The van der Waals surface area contributed by atoms with Gasteiger partial charge in [0.2, 0.25) is 0 Å². The Balaban J connectivity index is 2.66. The van der Waals surface area contributed by atoms with Gasteiger partial charge in [-0.1, -0.05) is 25.4 Å². The molecule has 2 rings (SSSR count). The number of esters is 1. The third-order valence-electron chi connectivity index (χ3n) is 3.33. The second kappa shape index (κ2) is 7.53. The van der Waals surface area contributed by atoms with Crippen LogP contribution >= 0.6 is 11.6 Å². The highest BCUT2D eigenvalue weighted by Crippen LogP contribution is 2.26. The molecular formula is C17H19ClN2O3. The van der Waals surface area contributed by atoms with E-state index in [0.29, 0.717) is 27.8 Å². The Kier molecular flexibility index (Phi) is 5.69. The van der Waals surface area contributed by atoms with Gasteiger partial charge >= 0.3 is 5.97 Å². The fraction of sp³-hybridized carbons (Fsp3) is 0.353. The number of methoxy groups -OCH3 is 2. The molecule has 23 heavy (non-hydrogen) atoms. The van der Waals surface area contributed by atoms with Gasteiger partial charge in [0.05, 0.1) is 25.1 Å². The van der Waals surface area contributed by atoms with Gasteiger partial charge in [0, 0.05) is 17.7 Å². The molecule has 0 aliphatic rings. The molecule has 0 N–H and O–H groups in total. The van der Waals surface area contributed by atoms with Crippen LogP contribution in [0.4, 0.5) is 0 Å². The van der Waals surface area contributed by atoms with E-state index in [1.165, 1.54) is 7.11 Å². The molecule has 0 saturated carbocycles. The number of halogens is 1. The highest BCUT2D eigenvalue weighted by atomic mass is 35.5. The van der Waals surface area contributed by atoms with E-state index >= 15 is 0 Å². The lowest BCUT2D eigenvalue weighted by molar-refractivity contribution is 0.0592. The van der Waals surface area contributed by atoms with Crippen LogP contribution in [0.3, 0.4) is 0 Å². The molecule has 122 valence electrons. The normalized spacial score (nSPS) is 10.9. The summed E-state index contributed by atoms with van der Waals surface area (Å²) >= 11 is 5.93. The van der Waals surface area contributed by atoms with E-state index in [0.717, 1.165) is 5.56 Å². The number of rotatable bonds is 5. The molecule has 0 saturated heterocycles. The van der Waals surface area contributed by atoms with Gasteiger partial charge in [-0.15, -0.1) is 0 Å². The van der Waals surface area contributed by atoms with E-state index in [-0.39, 0.29) is 12.5 Å². The highest BCUT2D eigenvalue weighted by Gasteiger charge is 2.23. The van der Waals surface area contributed by atoms with E-state index < -0.39 is 5.97 Å². The van der Waals surface area contributed by atoms with Crippen LogP contribution in [0.15, 0.2) is 24.3 Å². The van der Waals surface area contributed by atoms with E-state index in [1.54, 1.807) is 19.2 Å². The maximum atomic E-state index is 12.2. The molecular weight excluding hydrogens is 316 g/mol. The van der Waals surface area contributed by atoms with Crippen molar-refractivity contribution in [1.29, 1.82) is 0 Å². The zero-order valence-electron chi connectivity index (χ0n) is 13.6. The Morgan fingerprint density at radius 3 is 2.35 bits per heavy atom. The Bertz CT molecular complexity index is 700. The molecule has 0 spiro atoms. The molecule has 5 nitrogen and oxygen atoms in total. The largest absolute Gasteiger partial charge is 0.465 e. The molecule has 0 aliphatic carbocycles. The van der Waals surface area contributed by atoms with Gasteiger partial charge in [0.1, 0.15) is 5.56 Å². The van der Waals surface area contributed by atoms with Crippen LogP contribution in [0.5, 0.6) is 0 Å². The first kappa shape index (κ1) is 17.4. The van der Waals surface area contributed by atoms with Crippen LogP contribution in [-0.2, 0) is 16.1 Å². The number of ether oxygens (including phenoxy) is 2. The zero-order chi connectivity index (χ0) is 17.0. The predicted molar refractivity (Wildman–Crippen MR) is 88.6 cm³/mol. The minimum Gasteiger partial charge on any atom is -0.465 e. The van der Waals surface area contributed by atoms with Crippen LogP contribution in [0.1, 0.15) is 41.5 Å². The molecule has 0 fully saturated rings. The molecule has 2 aromatic rings. The number of carbonyl (C=O) groups excluding carboxylic acids is 1. The third-order valence-corrected chi connectivity index (χ3v) is 3.58. The number of nitrogens with zero attached hydrogens (tertiary/aromatic N) is 2. The number of carbonyl (C=O) groups is 1. The lowest BCUT2D eigenvalue weighted by Gasteiger charge is -2.16. The van der Waals surface area contributed by atoms with E-state index in [1.807, 2.05) is 26.0 Å². The number of hydrogen-bond acceptors (Lipinski definition) is 5. The fourth-order valence-electron chi connectivity index (χ4n) is 2.24. The monoisotopic (exact) mass is 334 g/mol. The van der Waals surface area contributed by atoms with Gasteiger partial charge < -0.3 is 9.47 Å². The summed E-state index contributed by atoms with van der Waals surface area (Å²) in [5, 5.41) is 0.640. The van der Waals surface area contributed by atoms with Crippen molar-refractivity contribution in [3.8, 4) is 11.4 Å². The average molecular weight is 335 g/mol. The van der Waals surface area contributed by atoms with Crippen LogP contribution < -0.4 is 0 Å². The highest BCUT2D eigenvalue weighted by molar-refractivity contribution is 6.30. The molecule has 0 aliphatic heterocycles. The Morgan fingerprint density at radius 1 is 1.17 bits per heavy atom. The standard InChI is InChI=1S/C17H19ClN2O3/c1-10(2)15-14(17(21)23-4)13(9-22-3)19-16(20-15)11-5-7-12(18)8-6-11/h5-8,10H,9H2,1-4H3. The Hall–Kier alpha value is -1.98. The molecule has 1 aromatic heterocycles.